The van der Waals surface area contributed by atoms with Crippen LogP contribution in [0.1, 0.15) is 24.0 Å². The summed E-state index contributed by atoms with van der Waals surface area (Å²) in [6.45, 7) is 4.76. The van der Waals surface area contributed by atoms with Gasteiger partial charge >= 0.3 is 5.95 Å². The molecule has 134 valence electrons. The maximum Gasteiger partial charge on any atom is 0.461 e. The third-order valence-electron chi connectivity index (χ3n) is 5.02. The normalized spacial score (nSPS) is 18.2. The molecule has 0 atom stereocenters. The lowest BCUT2D eigenvalue weighted by Crippen LogP contribution is -2.45. The molecule has 0 amide bonds. The van der Waals surface area contributed by atoms with E-state index in [1.54, 1.807) is 0 Å². The van der Waals surface area contributed by atoms with E-state index in [0.29, 0.717) is 22.4 Å². The fourth-order valence-electron chi connectivity index (χ4n) is 3.66. The average molecular weight is 345 g/mol. The van der Waals surface area contributed by atoms with Gasteiger partial charge in [0.2, 0.25) is 5.10 Å². The summed E-state index contributed by atoms with van der Waals surface area (Å²) in [5, 5.41) is 31.8. The maximum absolute atomic E-state index is 12.6. The first-order chi connectivity index (χ1) is 12.2. The molecule has 2 heterocycles. The highest BCUT2D eigenvalue weighted by molar-refractivity contribution is 5.71. The molecule has 0 spiro atoms. The average Bonchev–Trinajstić information content (AvgIpc) is 2.92. The summed E-state index contributed by atoms with van der Waals surface area (Å²) >= 11 is 0. The predicted molar refractivity (Wildman–Crippen MR) is 92.1 cm³/mol. The first-order valence-corrected chi connectivity index (χ1v) is 8.95. The Morgan fingerprint density at radius 2 is 1.88 bits per heavy atom. The Hall–Kier alpha value is -2.19. The van der Waals surface area contributed by atoms with Crippen LogP contribution in [0.3, 0.4) is 0 Å². The molecule has 1 aliphatic carbocycles. The van der Waals surface area contributed by atoms with Crippen molar-refractivity contribution >= 4 is 17.0 Å². The first-order valence-electron chi connectivity index (χ1n) is 8.95. The third-order valence-corrected chi connectivity index (χ3v) is 5.02. The standard InChI is InChI=1S/C17H23N5O3/c23-21-15-11-13-3-1-4-14(13)12-16(15)22(24)19-17(21)18-5-7-20-6-2-9-25-10-8-20/h11-12H,1-10H2,(H,18,19). The number of ether oxygens (including phenoxy) is 1. The lowest BCUT2D eigenvalue weighted by Gasteiger charge is -2.18. The largest absolute Gasteiger partial charge is 0.739 e. The van der Waals surface area contributed by atoms with Crippen LogP contribution in [-0.4, -0.2) is 49.4 Å². The molecular formula is C17H23N5O3. The van der Waals surface area contributed by atoms with E-state index in [9.17, 15) is 10.4 Å². The van der Waals surface area contributed by atoms with Crippen molar-refractivity contribution in [2.75, 3.05) is 44.7 Å². The van der Waals surface area contributed by atoms with Crippen molar-refractivity contribution in [1.82, 2.24) is 10.00 Å². The molecule has 2 aliphatic rings. The lowest BCUT2D eigenvalue weighted by molar-refractivity contribution is -0.672. The molecule has 1 aromatic carbocycles. The van der Waals surface area contributed by atoms with Crippen LogP contribution in [0.2, 0.25) is 0 Å². The second-order valence-electron chi connectivity index (χ2n) is 6.69. The van der Waals surface area contributed by atoms with Gasteiger partial charge in [-0.05, 0) is 42.9 Å². The van der Waals surface area contributed by atoms with Gasteiger partial charge in [0.15, 0.2) is 5.52 Å². The zero-order chi connectivity index (χ0) is 17.2. The molecule has 0 unspecified atom stereocenters. The predicted octanol–water partition coefficient (Wildman–Crippen LogP) is 0.125. The Morgan fingerprint density at radius 1 is 1.08 bits per heavy atom. The Bertz CT molecular complexity index is 775. The summed E-state index contributed by atoms with van der Waals surface area (Å²) in [5.74, 6) is 0.0616. The van der Waals surface area contributed by atoms with E-state index in [4.69, 9.17) is 4.74 Å². The SMILES string of the molecule is [O-][n+]1nc(NCCN2CCCOCC2)[n+]([O-])c2cc3c(cc21)CCC3. The van der Waals surface area contributed by atoms with Crippen molar-refractivity contribution in [2.24, 2.45) is 0 Å². The van der Waals surface area contributed by atoms with E-state index in [0.717, 1.165) is 68.8 Å². The minimum Gasteiger partial charge on any atom is -0.739 e. The Labute approximate surface area is 146 Å². The van der Waals surface area contributed by atoms with E-state index in [2.05, 4.69) is 15.3 Å². The van der Waals surface area contributed by atoms with Crippen LogP contribution in [0.4, 0.5) is 5.95 Å². The van der Waals surface area contributed by atoms with E-state index in [1.807, 2.05) is 12.1 Å². The lowest BCUT2D eigenvalue weighted by atomic mass is 10.1. The zero-order valence-electron chi connectivity index (χ0n) is 14.2. The zero-order valence-corrected chi connectivity index (χ0v) is 14.2. The smallest absolute Gasteiger partial charge is 0.461 e. The van der Waals surface area contributed by atoms with Crippen LogP contribution in [0.15, 0.2) is 12.1 Å². The quantitative estimate of drug-likeness (QED) is 0.625. The molecule has 1 aromatic heterocycles. The van der Waals surface area contributed by atoms with Gasteiger partial charge in [-0.1, -0.05) is 0 Å². The fourth-order valence-corrected chi connectivity index (χ4v) is 3.66. The molecule has 1 N–H and O–H groups in total. The maximum atomic E-state index is 12.6. The Morgan fingerprint density at radius 3 is 2.72 bits per heavy atom. The minimum absolute atomic E-state index is 0.0616. The number of fused-ring (bicyclic) bond motifs is 2. The molecule has 1 aliphatic heterocycles. The number of nitrogens with one attached hydrogen (secondary N) is 1. The number of hydrogen-bond donors (Lipinski definition) is 1. The summed E-state index contributed by atoms with van der Waals surface area (Å²) in [5.41, 5.74) is 3.05. The van der Waals surface area contributed by atoms with Crippen LogP contribution in [-0.2, 0) is 17.6 Å². The number of aromatic nitrogens is 3. The van der Waals surface area contributed by atoms with Crippen LogP contribution >= 0.6 is 0 Å². The second-order valence-corrected chi connectivity index (χ2v) is 6.69. The highest BCUT2D eigenvalue weighted by atomic mass is 16.5. The molecule has 4 rings (SSSR count). The summed E-state index contributed by atoms with van der Waals surface area (Å²) in [6, 6.07) is 3.66. The molecule has 0 bridgehead atoms. The van der Waals surface area contributed by atoms with Crippen molar-refractivity contribution in [3.63, 3.8) is 0 Å². The minimum atomic E-state index is 0.0616. The van der Waals surface area contributed by atoms with Gasteiger partial charge in [0.1, 0.15) is 0 Å². The number of benzene rings is 1. The van der Waals surface area contributed by atoms with Crippen molar-refractivity contribution in [3.05, 3.63) is 33.7 Å². The molecule has 1 saturated heterocycles. The van der Waals surface area contributed by atoms with Crippen molar-refractivity contribution in [2.45, 2.75) is 25.7 Å². The van der Waals surface area contributed by atoms with Crippen LogP contribution < -0.4 is 14.9 Å². The van der Waals surface area contributed by atoms with Gasteiger partial charge in [-0.15, -0.1) is 0 Å². The van der Waals surface area contributed by atoms with E-state index in [1.165, 1.54) is 5.56 Å². The summed E-state index contributed by atoms with van der Waals surface area (Å²) < 4.78 is 6.18. The number of rotatable bonds is 4. The monoisotopic (exact) mass is 345 g/mol. The summed E-state index contributed by atoms with van der Waals surface area (Å²) in [6.07, 6.45) is 4.01. The summed E-state index contributed by atoms with van der Waals surface area (Å²) in [7, 11) is 0. The molecule has 8 heteroatoms. The van der Waals surface area contributed by atoms with Gasteiger partial charge < -0.3 is 15.2 Å². The highest BCUT2D eigenvalue weighted by Gasteiger charge is 2.23. The highest BCUT2D eigenvalue weighted by Crippen LogP contribution is 2.24. The van der Waals surface area contributed by atoms with E-state index < -0.39 is 0 Å². The summed E-state index contributed by atoms with van der Waals surface area (Å²) in [4.78, 5) is 2.85. The van der Waals surface area contributed by atoms with Gasteiger partial charge in [0.25, 0.3) is 5.52 Å². The van der Waals surface area contributed by atoms with Crippen LogP contribution in [0.5, 0.6) is 0 Å². The van der Waals surface area contributed by atoms with Gasteiger partial charge in [0.05, 0.1) is 13.2 Å². The van der Waals surface area contributed by atoms with Crippen LogP contribution in [0, 0.1) is 10.4 Å². The molecule has 2 aromatic rings. The molecular weight excluding hydrogens is 322 g/mol. The first kappa shape index (κ1) is 16.3. The Kier molecular flexibility index (Phi) is 4.54. The number of hydrogen-bond acceptors (Lipinski definition) is 6. The number of aryl methyl sites for hydroxylation is 2. The van der Waals surface area contributed by atoms with Crippen LogP contribution in [0.25, 0.3) is 11.0 Å². The molecule has 0 radical (unpaired) electrons. The van der Waals surface area contributed by atoms with Gasteiger partial charge in [-0.2, -0.15) is 0 Å². The fraction of sp³-hybridized carbons (Fsp3) is 0.588. The molecule has 25 heavy (non-hydrogen) atoms. The number of anilines is 1. The second kappa shape index (κ2) is 6.97. The molecule has 1 fully saturated rings. The topological polar surface area (TPSA) is 91.3 Å². The van der Waals surface area contributed by atoms with Gasteiger partial charge in [-0.3, -0.25) is 10.2 Å². The van der Waals surface area contributed by atoms with Gasteiger partial charge in [0, 0.05) is 37.2 Å². The van der Waals surface area contributed by atoms with Crippen molar-refractivity contribution in [3.8, 4) is 0 Å². The van der Waals surface area contributed by atoms with Crippen molar-refractivity contribution < 1.29 is 14.3 Å². The number of nitrogens with zero attached hydrogens (tertiary/aromatic N) is 4. The van der Waals surface area contributed by atoms with E-state index >= 15 is 0 Å². The van der Waals surface area contributed by atoms with E-state index in [-0.39, 0.29) is 5.95 Å². The molecule has 0 saturated carbocycles. The van der Waals surface area contributed by atoms with Crippen molar-refractivity contribution in [1.29, 1.82) is 0 Å². The molecule has 8 nitrogen and oxygen atoms in total. The third kappa shape index (κ3) is 3.32. The van der Waals surface area contributed by atoms with Gasteiger partial charge in [-0.25, -0.2) is 4.73 Å². The Balaban J connectivity index is 1.51.